The van der Waals surface area contributed by atoms with Gasteiger partial charge in [0.25, 0.3) is 0 Å². The van der Waals surface area contributed by atoms with Gasteiger partial charge >= 0.3 is 0 Å². The summed E-state index contributed by atoms with van der Waals surface area (Å²) in [7, 11) is 0. The molecular formula is C5H6N4O. The van der Waals surface area contributed by atoms with Gasteiger partial charge in [-0.3, -0.25) is 0 Å². The third-order valence-electron chi connectivity index (χ3n) is 1.36. The molecule has 2 rings (SSSR count). The smallest absolute Gasteiger partial charge is 0.194 e. The molecule has 0 unspecified atom stereocenters. The van der Waals surface area contributed by atoms with Crippen molar-refractivity contribution in [2.24, 2.45) is 0 Å². The second kappa shape index (κ2) is 1.44. The van der Waals surface area contributed by atoms with Crippen molar-refractivity contribution >= 4 is 11.3 Å². The molecule has 2 heterocycles. The number of aromatic nitrogens is 3. The monoisotopic (exact) mass is 138 g/mol. The Bertz CT molecular complexity index is 329. The first-order valence-electron chi connectivity index (χ1n) is 2.78. The lowest BCUT2D eigenvalue weighted by atomic mass is 10.6. The molecule has 0 aliphatic carbocycles. The van der Waals surface area contributed by atoms with Gasteiger partial charge in [-0.05, 0) is 0 Å². The van der Waals surface area contributed by atoms with E-state index in [4.69, 9.17) is 10.9 Å². The van der Waals surface area contributed by atoms with Gasteiger partial charge in [-0.15, -0.1) is 0 Å². The third-order valence-corrected chi connectivity index (χ3v) is 1.36. The van der Waals surface area contributed by atoms with Crippen molar-refractivity contribution in [2.45, 2.75) is 0 Å². The van der Waals surface area contributed by atoms with Crippen LogP contribution in [0.4, 0.5) is 5.69 Å². The zero-order valence-corrected chi connectivity index (χ0v) is 5.10. The highest BCUT2D eigenvalue weighted by Gasteiger charge is 2.03. The predicted octanol–water partition coefficient (Wildman–Crippen LogP) is -0.0447. The van der Waals surface area contributed by atoms with E-state index in [9.17, 15) is 0 Å². The molecule has 0 aliphatic heterocycles. The molecule has 0 aliphatic rings. The van der Waals surface area contributed by atoms with Gasteiger partial charge in [0.2, 0.25) is 0 Å². The van der Waals surface area contributed by atoms with Crippen molar-refractivity contribution in [1.29, 1.82) is 0 Å². The van der Waals surface area contributed by atoms with Crippen molar-refractivity contribution in [3.05, 3.63) is 18.6 Å². The number of imidazole rings is 1. The summed E-state index contributed by atoms with van der Waals surface area (Å²) in [5.74, 6) is 0. The maximum absolute atomic E-state index is 9.06. The van der Waals surface area contributed by atoms with Crippen LogP contribution in [0.15, 0.2) is 18.6 Å². The number of hydrogen-bond donors (Lipinski definition) is 2. The molecule has 52 valence electrons. The molecule has 0 atom stereocenters. The summed E-state index contributed by atoms with van der Waals surface area (Å²) < 4.78 is 2.43. The number of nitrogen functional groups attached to an aromatic ring is 1. The lowest BCUT2D eigenvalue weighted by molar-refractivity contribution is 0.199. The number of rotatable bonds is 0. The number of nitrogens with zero attached hydrogens (tertiary/aromatic N) is 3. The van der Waals surface area contributed by atoms with Crippen LogP contribution < -0.4 is 5.73 Å². The molecule has 0 radical (unpaired) electrons. The second-order valence-corrected chi connectivity index (χ2v) is 2.01. The Kier molecular flexibility index (Phi) is 0.743. The number of hydrogen-bond acceptors (Lipinski definition) is 3. The zero-order chi connectivity index (χ0) is 7.14. The standard InChI is InChI=1S/C5H6N4O/c6-4-3-7-8-1-2-9(10)5(4)8/h1-3,10H,6H2. The fourth-order valence-corrected chi connectivity index (χ4v) is 0.912. The molecule has 0 saturated carbocycles. The van der Waals surface area contributed by atoms with E-state index in [1.165, 1.54) is 16.9 Å². The lowest BCUT2D eigenvalue weighted by Crippen LogP contribution is -1.91. The van der Waals surface area contributed by atoms with Crippen LogP contribution in [0, 0.1) is 0 Å². The topological polar surface area (TPSA) is 68.5 Å². The van der Waals surface area contributed by atoms with Crippen molar-refractivity contribution < 1.29 is 5.21 Å². The summed E-state index contributed by atoms with van der Waals surface area (Å²) in [4.78, 5) is 0. The first kappa shape index (κ1) is 5.16. The van der Waals surface area contributed by atoms with Crippen LogP contribution in [-0.2, 0) is 0 Å². The van der Waals surface area contributed by atoms with E-state index in [2.05, 4.69) is 5.10 Å². The Morgan fingerprint density at radius 1 is 1.50 bits per heavy atom. The van der Waals surface area contributed by atoms with Gasteiger partial charge in [-0.2, -0.15) is 9.83 Å². The minimum Gasteiger partial charge on any atom is -0.427 e. The minimum atomic E-state index is 0.465. The number of anilines is 1. The molecule has 3 N–H and O–H groups in total. The lowest BCUT2D eigenvalue weighted by Gasteiger charge is -1.88. The van der Waals surface area contributed by atoms with E-state index >= 15 is 0 Å². The highest BCUT2D eigenvalue weighted by atomic mass is 16.5. The molecule has 5 heteroatoms. The fourth-order valence-electron chi connectivity index (χ4n) is 0.912. The summed E-state index contributed by atoms with van der Waals surface area (Å²) in [6, 6.07) is 0. The minimum absolute atomic E-state index is 0.465. The summed E-state index contributed by atoms with van der Waals surface area (Å²) in [6.45, 7) is 0. The first-order chi connectivity index (χ1) is 4.79. The van der Waals surface area contributed by atoms with Gasteiger partial charge in [0, 0.05) is 0 Å². The molecular weight excluding hydrogens is 132 g/mol. The Morgan fingerprint density at radius 2 is 2.30 bits per heavy atom. The van der Waals surface area contributed by atoms with Crippen LogP contribution in [-0.4, -0.2) is 19.6 Å². The van der Waals surface area contributed by atoms with E-state index in [0.29, 0.717) is 11.3 Å². The maximum Gasteiger partial charge on any atom is 0.194 e. The van der Waals surface area contributed by atoms with E-state index in [-0.39, 0.29) is 0 Å². The van der Waals surface area contributed by atoms with E-state index in [1.54, 1.807) is 6.20 Å². The Hall–Kier alpha value is -1.65. The summed E-state index contributed by atoms with van der Waals surface area (Å²) >= 11 is 0. The van der Waals surface area contributed by atoms with Crippen molar-refractivity contribution in [1.82, 2.24) is 14.3 Å². The Balaban J connectivity index is 2.98. The number of nitrogens with two attached hydrogens (primary N) is 1. The van der Waals surface area contributed by atoms with Crippen molar-refractivity contribution in [2.75, 3.05) is 5.73 Å². The van der Waals surface area contributed by atoms with Gasteiger partial charge in [0.15, 0.2) is 5.65 Å². The largest absolute Gasteiger partial charge is 0.427 e. The Labute approximate surface area is 56.2 Å². The molecule has 0 saturated heterocycles. The first-order valence-corrected chi connectivity index (χ1v) is 2.78. The molecule has 2 aromatic rings. The normalized spacial score (nSPS) is 10.8. The van der Waals surface area contributed by atoms with Crippen LogP contribution in [0.1, 0.15) is 0 Å². The molecule has 0 amide bonds. The molecule has 0 spiro atoms. The van der Waals surface area contributed by atoms with Crippen LogP contribution >= 0.6 is 0 Å². The maximum atomic E-state index is 9.06. The van der Waals surface area contributed by atoms with Crippen LogP contribution in [0.3, 0.4) is 0 Å². The Morgan fingerprint density at radius 3 is 3.00 bits per heavy atom. The fraction of sp³-hybridized carbons (Fsp3) is 0. The van der Waals surface area contributed by atoms with E-state index in [0.717, 1.165) is 4.73 Å². The molecule has 0 bridgehead atoms. The van der Waals surface area contributed by atoms with E-state index < -0.39 is 0 Å². The zero-order valence-electron chi connectivity index (χ0n) is 5.10. The molecule has 0 aromatic carbocycles. The van der Waals surface area contributed by atoms with Gasteiger partial charge in [0.05, 0.1) is 24.3 Å². The van der Waals surface area contributed by atoms with Crippen LogP contribution in [0.25, 0.3) is 5.65 Å². The third kappa shape index (κ3) is 0.439. The quantitative estimate of drug-likeness (QED) is 0.502. The average molecular weight is 138 g/mol. The summed E-state index contributed by atoms with van der Waals surface area (Å²) in [5.41, 5.74) is 6.42. The van der Waals surface area contributed by atoms with E-state index in [1.807, 2.05) is 0 Å². The second-order valence-electron chi connectivity index (χ2n) is 2.01. The highest BCUT2D eigenvalue weighted by molar-refractivity contribution is 5.63. The predicted molar refractivity (Wildman–Crippen MR) is 34.8 cm³/mol. The van der Waals surface area contributed by atoms with Gasteiger partial charge in [0.1, 0.15) is 0 Å². The SMILES string of the molecule is Nc1cnn2ccn(O)c12. The molecule has 10 heavy (non-hydrogen) atoms. The highest BCUT2D eigenvalue weighted by Crippen LogP contribution is 2.10. The van der Waals surface area contributed by atoms with Crippen molar-refractivity contribution in [3.63, 3.8) is 0 Å². The molecule has 2 aromatic heterocycles. The summed E-state index contributed by atoms with van der Waals surface area (Å²) in [6.07, 6.45) is 4.58. The average Bonchev–Trinajstić information content (AvgIpc) is 2.40. The van der Waals surface area contributed by atoms with Crippen LogP contribution in [0.5, 0.6) is 0 Å². The van der Waals surface area contributed by atoms with Gasteiger partial charge in [-0.1, -0.05) is 0 Å². The number of fused-ring (bicyclic) bond motifs is 1. The summed E-state index contributed by atoms with van der Waals surface area (Å²) in [5, 5.41) is 12.9. The van der Waals surface area contributed by atoms with Crippen LogP contribution in [0.2, 0.25) is 0 Å². The van der Waals surface area contributed by atoms with Crippen molar-refractivity contribution in [3.8, 4) is 0 Å². The molecule has 0 fully saturated rings. The van der Waals surface area contributed by atoms with Gasteiger partial charge in [-0.25, -0.2) is 4.52 Å². The molecule has 5 nitrogen and oxygen atoms in total. The van der Waals surface area contributed by atoms with Gasteiger partial charge < -0.3 is 10.9 Å².